The van der Waals surface area contributed by atoms with Gasteiger partial charge in [-0.3, -0.25) is 4.18 Å². The van der Waals surface area contributed by atoms with E-state index in [0.717, 1.165) is 44.9 Å². The topological polar surface area (TPSA) is 154 Å². The summed E-state index contributed by atoms with van der Waals surface area (Å²) in [6.45, 7) is 3.59. The molecule has 50 heavy (non-hydrogen) atoms. The summed E-state index contributed by atoms with van der Waals surface area (Å²) in [7, 11) is -3.93. The van der Waals surface area contributed by atoms with Gasteiger partial charge in [0.1, 0.15) is 13.2 Å². The van der Waals surface area contributed by atoms with Crippen molar-refractivity contribution in [2.45, 2.75) is 11.8 Å². The van der Waals surface area contributed by atoms with Crippen LogP contribution in [0.2, 0.25) is 0 Å². The van der Waals surface area contributed by atoms with Crippen molar-refractivity contribution in [2.24, 2.45) is 0 Å². The van der Waals surface area contributed by atoms with E-state index >= 15 is 0 Å². The smallest absolute Gasteiger partial charge is 0.297 e. The third-order valence-electron chi connectivity index (χ3n) is 8.32. The molecule has 0 heterocycles. The Morgan fingerprint density at radius 2 is 1.08 bits per heavy atom. The summed E-state index contributed by atoms with van der Waals surface area (Å²) in [6, 6.07) is 22.2. The third-order valence-corrected chi connectivity index (χ3v) is 9.65. The minimum Gasteiger partial charge on any atom is -0.395 e. The van der Waals surface area contributed by atoms with Crippen molar-refractivity contribution < 1.29 is 42.7 Å². The molecular weight excluding hydrogens is 658 g/mol. The second kappa shape index (κ2) is 19.3. The number of hydrogen-bond acceptors (Lipinski definition) is 10. The SMILES string of the molecule is Cc1ccc(S(=O)(=O)OCCN(CCO)c2ccc(C(=C3C=CC(=[N+](CCO)CCO)C=C3)c3ccc(N(CCO)CCO)cc3)cc2)cc1. The number of nitrogens with zero attached hydrogens (tertiary/aromatic N) is 3. The van der Waals surface area contributed by atoms with E-state index in [2.05, 4.69) is 0 Å². The van der Waals surface area contributed by atoms with Gasteiger partial charge in [0.15, 0.2) is 18.8 Å². The average molecular weight is 707 g/mol. The number of aliphatic hydroxyl groups is 5. The van der Waals surface area contributed by atoms with Gasteiger partial charge in [-0.2, -0.15) is 8.42 Å². The van der Waals surface area contributed by atoms with Crippen LogP contribution in [0.1, 0.15) is 16.7 Å². The van der Waals surface area contributed by atoms with Crippen LogP contribution in [-0.2, 0) is 14.3 Å². The van der Waals surface area contributed by atoms with Crippen LogP contribution >= 0.6 is 0 Å². The van der Waals surface area contributed by atoms with Crippen molar-refractivity contribution in [1.82, 2.24) is 0 Å². The molecule has 5 N–H and O–H groups in total. The van der Waals surface area contributed by atoms with Crippen molar-refractivity contribution in [3.8, 4) is 0 Å². The van der Waals surface area contributed by atoms with Crippen LogP contribution in [0, 0.1) is 6.92 Å². The van der Waals surface area contributed by atoms with Gasteiger partial charge in [-0.25, -0.2) is 4.58 Å². The van der Waals surface area contributed by atoms with Crippen LogP contribution in [0.25, 0.3) is 5.57 Å². The molecule has 0 aromatic heterocycles. The number of benzene rings is 3. The number of aryl methyl sites for hydroxylation is 1. The van der Waals surface area contributed by atoms with Crippen molar-refractivity contribution in [1.29, 1.82) is 0 Å². The third kappa shape index (κ3) is 10.4. The molecule has 0 unspecified atom stereocenters. The largest absolute Gasteiger partial charge is 0.395 e. The van der Waals surface area contributed by atoms with Crippen molar-refractivity contribution in [3.63, 3.8) is 0 Å². The minimum absolute atomic E-state index is 0.0383. The highest BCUT2D eigenvalue weighted by atomic mass is 32.2. The fourth-order valence-electron chi connectivity index (χ4n) is 5.76. The van der Waals surface area contributed by atoms with Crippen LogP contribution in [-0.4, -0.2) is 123 Å². The second-order valence-electron chi connectivity index (χ2n) is 11.7. The normalized spacial score (nSPS) is 12.8. The zero-order chi connectivity index (χ0) is 35.9. The Morgan fingerprint density at radius 1 is 0.620 bits per heavy atom. The summed E-state index contributed by atoms with van der Waals surface area (Å²) in [5, 5.41) is 47.9. The molecule has 0 bridgehead atoms. The molecule has 1 aliphatic rings. The van der Waals surface area contributed by atoms with Crippen LogP contribution < -0.4 is 9.80 Å². The fraction of sp³-hybridized carbons (Fsp3) is 0.342. The van der Waals surface area contributed by atoms with E-state index in [0.29, 0.717) is 26.2 Å². The molecule has 3 aromatic carbocycles. The van der Waals surface area contributed by atoms with Gasteiger partial charge in [-0.1, -0.05) is 42.0 Å². The molecule has 11 nitrogen and oxygen atoms in total. The van der Waals surface area contributed by atoms with Crippen LogP contribution in [0.4, 0.5) is 11.4 Å². The molecule has 0 radical (unpaired) electrons. The zero-order valence-electron chi connectivity index (χ0n) is 28.4. The molecule has 0 saturated carbocycles. The molecule has 0 atom stereocenters. The minimum atomic E-state index is -3.93. The molecule has 0 fully saturated rings. The Balaban J connectivity index is 1.64. The van der Waals surface area contributed by atoms with Crippen LogP contribution in [0.15, 0.2) is 108 Å². The lowest BCUT2D eigenvalue weighted by Crippen LogP contribution is -2.31. The first-order valence-corrected chi connectivity index (χ1v) is 18.1. The van der Waals surface area contributed by atoms with E-state index in [1.54, 1.807) is 12.1 Å². The maximum absolute atomic E-state index is 12.7. The highest BCUT2D eigenvalue weighted by Crippen LogP contribution is 2.32. The molecule has 0 spiro atoms. The van der Waals surface area contributed by atoms with Crippen LogP contribution in [0.5, 0.6) is 0 Å². The second-order valence-corrected chi connectivity index (χ2v) is 13.3. The number of rotatable bonds is 19. The van der Waals surface area contributed by atoms with Gasteiger partial charge < -0.3 is 35.3 Å². The summed E-state index contributed by atoms with van der Waals surface area (Å²) in [5.74, 6) is 0. The molecular formula is C38H48N3O8S+. The van der Waals surface area contributed by atoms with Crippen molar-refractivity contribution in [3.05, 3.63) is 119 Å². The summed E-state index contributed by atoms with van der Waals surface area (Å²) >= 11 is 0. The Kier molecular flexibility index (Phi) is 14.9. The maximum Gasteiger partial charge on any atom is 0.297 e. The average Bonchev–Trinajstić information content (AvgIpc) is 3.12. The quantitative estimate of drug-likeness (QED) is 0.0928. The fourth-order valence-corrected chi connectivity index (χ4v) is 6.66. The van der Waals surface area contributed by atoms with Crippen molar-refractivity contribution in [2.75, 3.05) is 88.7 Å². The van der Waals surface area contributed by atoms with E-state index in [9.17, 15) is 34.0 Å². The van der Waals surface area contributed by atoms with Gasteiger partial charge in [-0.15, -0.1) is 0 Å². The van der Waals surface area contributed by atoms with Gasteiger partial charge in [0, 0.05) is 49.7 Å². The van der Waals surface area contributed by atoms with Gasteiger partial charge >= 0.3 is 0 Å². The number of anilines is 2. The molecule has 12 heteroatoms. The predicted octanol–water partition coefficient (Wildman–Crippen LogP) is 2.36. The summed E-state index contributed by atoms with van der Waals surface area (Å²) in [4.78, 5) is 3.87. The standard InChI is InChI=1S/C38H48N3O8S/c1-30-2-16-37(17-3-30)50(47,48)49-29-23-41(22-28-46)36-14-8-33(9-15-36)38(31-4-10-34(11-5-31)39(18-24-42)19-25-43)32-6-12-35(13-7-32)40(20-26-44)21-27-45/h2-17,42-46H,18-29H2,1H3/q+1. The first-order valence-electron chi connectivity index (χ1n) is 16.7. The number of allylic oxidation sites excluding steroid dienone is 5. The molecule has 3 aromatic rings. The van der Waals surface area contributed by atoms with Crippen LogP contribution in [0.3, 0.4) is 0 Å². The lowest BCUT2D eigenvalue weighted by atomic mass is 9.90. The predicted molar refractivity (Wildman–Crippen MR) is 196 cm³/mol. The molecule has 4 rings (SSSR count). The van der Waals surface area contributed by atoms with E-state index in [1.807, 2.05) is 94.1 Å². The molecule has 0 saturated heterocycles. The first kappa shape index (κ1) is 38.7. The van der Waals surface area contributed by atoms with E-state index < -0.39 is 10.1 Å². The van der Waals surface area contributed by atoms with Crippen molar-refractivity contribution >= 4 is 32.8 Å². The summed E-state index contributed by atoms with van der Waals surface area (Å²) < 4.78 is 32.7. The van der Waals surface area contributed by atoms with E-state index in [1.165, 1.54) is 12.1 Å². The van der Waals surface area contributed by atoms with E-state index in [-0.39, 0.29) is 57.6 Å². The highest BCUT2D eigenvalue weighted by Gasteiger charge is 2.18. The molecule has 268 valence electrons. The van der Waals surface area contributed by atoms with E-state index in [4.69, 9.17) is 4.18 Å². The number of hydrogen-bond donors (Lipinski definition) is 5. The van der Waals surface area contributed by atoms with Gasteiger partial charge in [0.25, 0.3) is 10.1 Å². The van der Waals surface area contributed by atoms with Gasteiger partial charge in [-0.05, 0) is 77.7 Å². The molecule has 0 amide bonds. The Labute approximate surface area is 294 Å². The first-order chi connectivity index (χ1) is 24.2. The lowest BCUT2D eigenvalue weighted by molar-refractivity contribution is -0.530. The highest BCUT2D eigenvalue weighted by molar-refractivity contribution is 7.86. The molecule has 1 aliphatic carbocycles. The zero-order valence-corrected chi connectivity index (χ0v) is 29.3. The molecule has 0 aliphatic heterocycles. The Bertz CT molecular complexity index is 1720. The lowest BCUT2D eigenvalue weighted by Gasteiger charge is -2.25. The monoisotopic (exact) mass is 706 g/mol. The van der Waals surface area contributed by atoms with Gasteiger partial charge in [0.2, 0.25) is 0 Å². The summed E-state index contributed by atoms with van der Waals surface area (Å²) in [5.41, 5.74) is 7.22. The Hall–Kier alpha value is -4.14. The van der Waals surface area contributed by atoms with Gasteiger partial charge in [0.05, 0.1) is 31.3 Å². The Morgan fingerprint density at radius 3 is 1.52 bits per heavy atom. The number of aliphatic hydroxyl groups excluding tert-OH is 5. The maximum atomic E-state index is 12.7. The summed E-state index contributed by atoms with van der Waals surface area (Å²) in [6.07, 6.45) is 7.92.